The maximum atomic E-state index is 4.53. The Morgan fingerprint density at radius 2 is 2.44 bits per heavy atom. The van der Waals surface area contributed by atoms with Crippen LogP contribution >= 0.6 is 11.3 Å². The van der Waals surface area contributed by atoms with Crippen LogP contribution in [0.15, 0.2) is 18.5 Å². The molecule has 3 heterocycles. The van der Waals surface area contributed by atoms with E-state index in [1.165, 1.54) is 4.70 Å². The molecule has 0 spiro atoms. The first-order chi connectivity index (χ1) is 7.83. The summed E-state index contributed by atoms with van der Waals surface area (Å²) < 4.78 is 1.19. The lowest BCUT2D eigenvalue weighted by atomic mass is 10.1. The van der Waals surface area contributed by atoms with Gasteiger partial charge >= 0.3 is 0 Å². The number of rotatable bonds is 2. The van der Waals surface area contributed by atoms with Gasteiger partial charge in [0.2, 0.25) is 0 Å². The van der Waals surface area contributed by atoms with E-state index in [9.17, 15) is 0 Å². The van der Waals surface area contributed by atoms with Crippen LogP contribution in [-0.4, -0.2) is 29.1 Å². The number of hydrogen-bond acceptors (Lipinski definition) is 5. The third-order valence-electron chi connectivity index (χ3n) is 3.02. The average Bonchev–Trinajstić information content (AvgIpc) is 2.85. The molecule has 2 aromatic heterocycles. The fraction of sp³-hybridized carbons (Fsp3) is 0.455. The van der Waals surface area contributed by atoms with E-state index in [1.54, 1.807) is 11.3 Å². The molecule has 1 aliphatic heterocycles. The topological polar surface area (TPSA) is 49.8 Å². The van der Waals surface area contributed by atoms with Crippen molar-refractivity contribution in [1.29, 1.82) is 0 Å². The Bertz CT molecular complexity index is 462. The SMILES string of the molecule is CC1CNCC1Nc1nc2cnccc2s1. The molecule has 2 atom stereocenters. The van der Waals surface area contributed by atoms with Gasteiger partial charge in [-0.05, 0) is 18.5 Å². The number of fused-ring (bicyclic) bond motifs is 1. The fourth-order valence-corrected chi connectivity index (χ4v) is 2.90. The number of nitrogens with zero attached hydrogens (tertiary/aromatic N) is 2. The van der Waals surface area contributed by atoms with Crippen molar-refractivity contribution < 1.29 is 0 Å². The molecule has 1 saturated heterocycles. The number of nitrogens with one attached hydrogen (secondary N) is 2. The van der Waals surface area contributed by atoms with Crippen LogP contribution in [0.25, 0.3) is 10.2 Å². The maximum Gasteiger partial charge on any atom is 0.184 e. The van der Waals surface area contributed by atoms with Crippen molar-refractivity contribution in [3.05, 3.63) is 18.5 Å². The highest BCUT2D eigenvalue weighted by molar-refractivity contribution is 7.22. The summed E-state index contributed by atoms with van der Waals surface area (Å²) in [6, 6.07) is 2.50. The Kier molecular flexibility index (Phi) is 2.49. The molecular weight excluding hydrogens is 220 g/mol. The van der Waals surface area contributed by atoms with Crippen LogP contribution in [0.3, 0.4) is 0 Å². The van der Waals surface area contributed by atoms with E-state index in [0.717, 1.165) is 23.7 Å². The summed E-state index contributed by atoms with van der Waals surface area (Å²) in [7, 11) is 0. The van der Waals surface area contributed by atoms with Crippen molar-refractivity contribution >= 4 is 26.7 Å². The summed E-state index contributed by atoms with van der Waals surface area (Å²) in [4.78, 5) is 8.60. The first kappa shape index (κ1) is 9.99. The minimum absolute atomic E-state index is 0.494. The predicted molar refractivity (Wildman–Crippen MR) is 66.9 cm³/mol. The van der Waals surface area contributed by atoms with Crippen LogP contribution in [0.4, 0.5) is 5.13 Å². The van der Waals surface area contributed by atoms with Gasteiger partial charge in [-0.1, -0.05) is 18.3 Å². The van der Waals surface area contributed by atoms with E-state index in [0.29, 0.717) is 12.0 Å². The van der Waals surface area contributed by atoms with Crippen molar-refractivity contribution in [3.63, 3.8) is 0 Å². The van der Waals surface area contributed by atoms with Gasteiger partial charge in [-0.15, -0.1) is 0 Å². The molecule has 0 bridgehead atoms. The molecule has 0 saturated carbocycles. The second kappa shape index (κ2) is 3.99. The van der Waals surface area contributed by atoms with E-state index in [-0.39, 0.29) is 0 Å². The van der Waals surface area contributed by atoms with Crippen molar-refractivity contribution in [3.8, 4) is 0 Å². The summed E-state index contributed by atoms with van der Waals surface area (Å²) in [6.45, 7) is 4.37. The summed E-state index contributed by atoms with van der Waals surface area (Å²) >= 11 is 1.70. The van der Waals surface area contributed by atoms with Gasteiger partial charge in [-0.3, -0.25) is 4.98 Å². The third kappa shape index (κ3) is 1.76. The number of thiazole rings is 1. The zero-order valence-corrected chi connectivity index (χ0v) is 9.92. The van der Waals surface area contributed by atoms with Crippen molar-refractivity contribution in [2.24, 2.45) is 5.92 Å². The summed E-state index contributed by atoms with van der Waals surface area (Å²) in [5.74, 6) is 0.658. The summed E-state index contributed by atoms with van der Waals surface area (Å²) in [6.07, 6.45) is 3.62. The number of hydrogen-bond donors (Lipinski definition) is 2. The molecule has 84 valence electrons. The van der Waals surface area contributed by atoms with Crippen LogP contribution in [-0.2, 0) is 0 Å². The van der Waals surface area contributed by atoms with Gasteiger partial charge in [0, 0.05) is 18.8 Å². The molecule has 16 heavy (non-hydrogen) atoms. The van der Waals surface area contributed by atoms with E-state index in [4.69, 9.17) is 0 Å². The van der Waals surface area contributed by atoms with E-state index in [2.05, 4.69) is 27.5 Å². The molecule has 5 heteroatoms. The summed E-state index contributed by atoms with van der Waals surface area (Å²) in [5, 5.41) is 7.88. The van der Waals surface area contributed by atoms with Gasteiger partial charge in [0.25, 0.3) is 0 Å². The highest BCUT2D eigenvalue weighted by atomic mass is 32.1. The molecule has 2 aromatic rings. The minimum Gasteiger partial charge on any atom is -0.357 e. The van der Waals surface area contributed by atoms with Gasteiger partial charge in [0.15, 0.2) is 5.13 Å². The normalized spacial score (nSPS) is 25.1. The molecule has 1 fully saturated rings. The molecule has 3 rings (SSSR count). The lowest BCUT2D eigenvalue weighted by molar-refractivity contribution is 0.595. The van der Waals surface area contributed by atoms with Crippen LogP contribution in [0.1, 0.15) is 6.92 Å². The van der Waals surface area contributed by atoms with Gasteiger partial charge < -0.3 is 10.6 Å². The van der Waals surface area contributed by atoms with Gasteiger partial charge in [0.05, 0.1) is 10.9 Å². The van der Waals surface area contributed by atoms with Gasteiger partial charge in [0.1, 0.15) is 5.52 Å². The Morgan fingerprint density at radius 3 is 3.19 bits per heavy atom. The Balaban J connectivity index is 1.83. The third-order valence-corrected chi connectivity index (χ3v) is 3.98. The Labute approximate surface area is 98.1 Å². The van der Waals surface area contributed by atoms with Crippen molar-refractivity contribution in [1.82, 2.24) is 15.3 Å². The molecule has 0 aliphatic carbocycles. The maximum absolute atomic E-state index is 4.53. The van der Waals surface area contributed by atoms with Gasteiger partial charge in [-0.25, -0.2) is 4.98 Å². The first-order valence-electron chi connectivity index (χ1n) is 5.51. The standard InChI is InChI=1S/C11H14N4S/c1-7-4-13-5-8(7)14-11-15-9-6-12-3-2-10(9)16-11/h2-3,6-8,13H,4-5H2,1H3,(H,14,15). The van der Waals surface area contributed by atoms with E-state index < -0.39 is 0 Å². The molecule has 2 unspecified atom stereocenters. The second-order valence-corrected chi connectivity index (χ2v) is 5.28. The fourth-order valence-electron chi connectivity index (χ4n) is 2.00. The van der Waals surface area contributed by atoms with Gasteiger partial charge in [-0.2, -0.15) is 0 Å². The molecule has 0 amide bonds. The molecule has 0 radical (unpaired) electrons. The van der Waals surface area contributed by atoms with Crippen LogP contribution in [0.5, 0.6) is 0 Å². The largest absolute Gasteiger partial charge is 0.357 e. The molecule has 1 aliphatic rings. The van der Waals surface area contributed by atoms with Crippen molar-refractivity contribution in [2.45, 2.75) is 13.0 Å². The minimum atomic E-state index is 0.494. The quantitative estimate of drug-likeness (QED) is 0.830. The molecular formula is C11H14N4S. The average molecular weight is 234 g/mol. The number of pyridine rings is 1. The number of anilines is 1. The van der Waals surface area contributed by atoms with Crippen LogP contribution < -0.4 is 10.6 Å². The smallest absolute Gasteiger partial charge is 0.184 e. The molecule has 4 nitrogen and oxygen atoms in total. The lowest BCUT2D eigenvalue weighted by Gasteiger charge is -2.14. The lowest BCUT2D eigenvalue weighted by Crippen LogP contribution is -2.26. The zero-order valence-electron chi connectivity index (χ0n) is 9.10. The highest BCUT2D eigenvalue weighted by Crippen LogP contribution is 2.26. The van der Waals surface area contributed by atoms with E-state index >= 15 is 0 Å². The zero-order chi connectivity index (χ0) is 11.0. The van der Waals surface area contributed by atoms with Crippen molar-refractivity contribution in [2.75, 3.05) is 18.4 Å². The highest BCUT2D eigenvalue weighted by Gasteiger charge is 2.23. The monoisotopic (exact) mass is 234 g/mol. The Morgan fingerprint density at radius 1 is 1.50 bits per heavy atom. The second-order valence-electron chi connectivity index (χ2n) is 4.25. The van der Waals surface area contributed by atoms with E-state index in [1.807, 2.05) is 18.5 Å². The first-order valence-corrected chi connectivity index (χ1v) is 6.32. The summed E-state index contributed by atoms with van der Waals surface area (Å²) in [5.41, 5.74) is 0.980. The molecule has 2 N–H and O–H groups in total. The van der Waals surface area contributed by atoms with Crippen LogP contribution in [0, 0.1) is 5.92 Å². The number of aromatic nitrogens is 2. The van der Waals surface area contributed by atoms with Crippen LogP contribution in [0.2, 0.25) is 0 Å². The predicted octanol–water partition coefficient (Wildman–Crippen LogP) is 1.71. The molecule has 0 aromatic carbocycles. The Hall–Kier alpha value is -1.20.